The molecule has 3 heterocycles. The summed E-state index contributed by atoms with van der Waals surface area (Å²) < 4.78 is 1.40. The van der Waals surface area contributed by atoms with Gasteiger partial charge < -0.3 is 4.90 Å². The summed E-state index contributed by atoms with van der Waals surface area (Å²) >= 11 is 1.95. The van der Waals surface area contributed by atoms with Gasteiger partial charge in [0.05, 0.1) is 0 Å². The van der Waals surface area contributed by atoms with Gasteiger partial charge in [0.15, 0.2) is 0 Å². The number of hydrogen-bond acceptors (Lipinski definition) is 4. The molecule has 0 atom stereocenters. The first-order valence-electron chi connectivity index (χ1n) is 10.2. The summed E-state index contributed by atoms with van der Waals surface area (Å²) in [5.74, 6) is 1.22. The molecule has 2 fully saturated rings. The summed E-state index contributed by atoms with van der Waals surface area (Å²) in [6.07, 6.45) is 13.0. The van der Waals surface area contributed by atoms with Crippen molar-refractivity contribution in [1.82, 2.24) is 9.88 Å². The normalized spacial score (nSPS) is 20.9. The highest BCUT2D eigenvalue weighted by Crippen LogP contribution is 2.33. The molecule has 136 valence electrons. The van der Waals surface area contributed by atoms with Crippen molar-refractivity contribution in [2.45, 2.75) is 64.3 Å². The predicted molar refractivity (Wildman–Crippen MR) is 109 cm³/mol. The highest BCUT2D eigenvalue weighted by Gasteiger charge is 2.25. The second-order valence-corrected chi connectivity index (χ2v) is 8.85. The lowest BCUT2D eigenvalue weighted by Crippen LogP contribution is -2.50. The van der Waals surface area contributed by atoms with Crippen LogP contribution in [0.2, 0.25) is 0 Å². The molecule has 0 amide bonds. The second kappa shape index (κ2) is 8.05. The topological polar surface area (TPSA) is 19.4 Å². The average molecular weight is 358 g/mol. The van der Waals surface area contributed by atoms with Crippen LogP contribution in [0.1, 0.15) is 56.7 Å². The highest BCUT2D eigenvalue weighted by atomic mass is 32.1. The Kier molecular flexibility index (Phi) is 5.57. The highest BCUT2D eigenvalue weighted by molar-refractivity contribution is 7.19. The van der Waals surface area contributed by atoms with Crippen molar-refractivity contribution in [2.24, 2.45) is 0 Å². The summed E-state index contributed by atoms with van der Waals surface area (Å²) in [4.78, 5) is 11.6. The van der Waals surface area contributed by atoms with Gasteiger partial charge in [-0.05, 0) is 31.4 Å². The fourth-order valence-electron chi connectivity index (χ4n) is 4.54. The molecular formula is C21H31N3S. The standard InChI is InChI=1S/C21H31N3S/c1-2-7-18-16-19-20(25-18)10-11-22-21(19)24-14-12-23(13-15-24)17-8-5-3-4-6-9-17/h10-11,16-17H,2-9,12-15H2,1H3. The predicted octanol–water partition coefficient (Wildman–Crippen LogP) is 5.09. The molecule has 0 unspecified atom stereocenters. The molecule has 4 rings (SSSR count). The Morgan fingerprint density at radius 3 is 2.56 bits per heavy atom. The van der Waals surface area contributed by atoms with Gasteiger partial charge in [0, 0.05) is 53.4 Å². The zero-order chi connectivity index (χ0) is 17.1. The number of aryl methyl sites for hydroxylation is 1. The quantitative estimate of drug-likeness (QED) is 0.710. The summed E-state index contributed by atoms with van der Waals surface area (Å²) in [5.41, 5.74) is 0. The summed E-state index contributed by atoms with van der Waals surface area (Å²) in [5, 5.41) is 1.37. The van der Waals surface area contributed by atoms with Gasteiger partial charge in [0.1, 0.15) is 5.82 Å². The number of thiophene rings is 1. The number of hydrogen-bond donors (Lipinski definition) is 0. The molecule has 2 aromatic heterocycles. The van der Waals surface area contributed by atoms with E-state index in [0.717, 1.165) is 19.1 Å². The fraction of sp³-hybridized carbons (Fsp3) is 0.667. The minimum absolute atomic E-state index is 0.839. The summed E-state index contributed by atoms with van der Waals surface area (Å²) in [6.45, 7) is 6.92. The Morgan fingerprint density at radius 2 is 1.84 bits per heavy atom. The van der Waals surface area contributed by atoms with Gasteiger partial charge in [0.25, 0.3) is 0 Å². The van der Waals surface area contributed by atoms with Crippen LogP contribution in [0.25, 0.3) is 10.1 Å². The lowest BCUT2D eigenvalue weighted by Gasteiger charge is -2.39. The molecule has 2 aromatic rings. The summed E-state index contributed by atoms with van der Waals surface area (Å²) in [7, 11) is 0. The Balaban J connectivity index is 1.46. The van der Waals surface area contributed by atoms with E-state index in [0.29, 0.717) is 0 Å². The number of rotatable bonds is 4. The van der Waals surface area contributed by atoms with Crippen LogP contribution in [0.4, 0.5) is 5.82 Å². The number of aromatic nitrogens is 1. The van der Waals surface area contributed by atoms with Crippen LogP contribution in [0, 0.1) is 0 Å². The molecule has 1 saturated carbocycles. The van der Waals surface area contributed by atoms with E-state index in [-0.39, 0.29) is 0 Å². The summed E-state index contributed by atoms with van der Waals surface area (Å²) in [6, 6.07) is 5.42. The maximum absolute atomic E-state index is 4.77. The van der Waals surface area contributed by atoms with Gasteiger partial charge >= 0.3 is 0 Å². The first-order chi connectivity index (χ1) is 12.3. The molecule has 2 aliphatic rings. The van der Waals surface area contributed by atoms with Crippen LogP contribution in [0.3, 0.4) is 0 Å². The molecule has 1 aliphatic carbocycles. The monoisotopic (exact) mass is 357 g/mol. The van der Waals surface area contributed by atoms with E-state index < -0.39 is 0 Å². The molecule has 25 heavy (non-hydrogen) atoms. The molecular weight excluding hydrogens is 326 g/mol. The van der Waals surface area contributed by atoms with Crippen molar-refractivity contribution in [1.29, 1.82) is 0 Å². The molecule has 3 nitrogen and oxygen atoms in total. The van der Waals surface area contributed by atoms with Gasteiger partial charge in [-0.3, -0.25) is 4.90 Å². The lowest BCUT2D eigenvalue weighted by atomic mass is 10.1. The Bertz CT molecular complexity index is 680. The smallest absolute Gasteiger partial charge is 0.137 e. The van der Waals surface area contributed by atoms with E-state index in [1.165, 1.54) is 85.2 Å². The number of nitrogens with zero attached hydrogens (tertiary/aromatic N) is 3. The van der Waals surface area contributed by atoms with Crippen LogP contribution in [0.5, 0.6) is 0 Å². The van der Waals surface area contributed by atoms with Crippen molar-refractivity contribution < 1.29 is 0 Å². The van der Waals surface area contributed by atoms with Gasteiger partial charge in [-0.25, -0.2) is 4.98 Å². The minimum atomic E-state index is 0.839. The average Bonchev–Trinajstić information content (AvgIpc) is 2.87. The van der Waals surface area contributed by atoms with Crippen molar-refractivity contribution in [2.75, 3.05) is 31.1 Å². The van der Waals surface area contributed by atoms with Crippen molar-refractivity contribution >= 4 is 27.2 Å². The van der Waals surface area contributed by atoms with Crippen molar-refractivity contribution in [3.05, 3.63) is 23.2 Å². The first kappa shape index (κ1) is 17.3. The minimum Gasteiger partial charge on any atom is -0.354 e. The van der Waals surface area contributed by atoms with Gasteiger partial charge in [-0.1, -0.05) is 39.0 Å². The first-order valence-corrected chi connectivity index (χ1v) is 11.0. The van der Waals surface area contributed by atoms with Crippen LogP contribution in [-0.2, 0) is 6.42 Å². The van der Waals surface area contributed by atoms with Crippen LogP contribution in [0.15, 0.2) is 18.3 Å². The van der Waals surface area contributed by atoms with E-state index in [1.54, 1.807) is 0 Å². The van der Waals surface area contributed by atoms with E-state index in [9.17, 15) is 0 Å². The Labute approximate surface area is 156 Å². The van der Waals surface area contributed by atoms with E-state index in [4.69, 9.17) is 4.98 Å². The number of pyridine rings is 1. The SMILES string of the molecule is CCCc1cc2c(N3CCN(C4CCCCCC4)CC3)nccc2s1. The zero-order valence-electron chi connectivity index (χ0n) is 15.5. The largest absolute Gasteiger partial charge is 0.354 e. The molecule has 0 N–H and O–H groups in total. The van der Waals surface area contributed by atoms with Gasteiger partial charge in [-0.15, -0.1) is 11.3 Å². The van der Waals surface area contributed by atoms with Crippen LogP contribution < -0.4 is 4.90 Å². The molecule has 1 aliphatic heterocycles. The third kappa shape index (κ3) is 3.85. The number of anilines is 1. The van der Waals surface area contributed by atoms with Crippen molar-refractivity contribution in [3.8, 4) is 0 Å². The Morgan fingerprint density at radius 1 is 1.08 bits per heavy atom. The van der Waals surface area contributed by atoms with Crippen molar-refractivity contribution in [3.63, 3.8) is 0 Å². The lowest BCUT2D eigenvalue weighted by molar-refractivity contribution is 0.169. The van der Waals surface area contributed by atoms with Crippen LogP contribution in [-0.4, -0.2) is 42.1 Å². The van der Waals surface area contributed by atoms with E-state index in [1.807, 2.05) is 17.5 Å². The molecule has 1 saturated heterocycles. The molecule has 0 bridgehead atoms. The maximum atomic E-state index is 4.77. The molecule has 4 heteroatoms. The van der Waals surface area contributed by atoms with E-state index in [2.05, 4.69) is 28.9 Å². The van der Waals surface area contributed by atoms with Gasteiger partial charge in [-0.2, -0.15) is 0 Å². The number of piperazine rings is 1. The number of fused-ring (bicyclic) bond motifs is 1. The molecule has 0 spiro atoms. The second-order valence-electron chi connectivity index (χ2n) is 7.68. The third-order valence-corrected chi connectivity index (χ3v) is 7.09. The fourth-order valence-corrected chi connectivity index (χ4v) is 5.70. The van der Waals surface area contributed by atoms with Gasteiger partial charge in [0.2, 0.25) is 0 Å². The third-order valence-electron chi connectivity index (χ3n) is 5.93. The molecule has 0 aromatic carbocycles. The maximum Gasteiger partial charge on any atom is 0.137 e. The van der Waals surface area contributed by atoms with E-state index >= 15 is 0 Å². The molecule has 0 radical (unpaired) electrons. The van der Waals surface area contributed by atoms with Crippen LogP contribution >= 0.6 is 11.3 Å². The zero-order valence-corrected chi connectivity index (χ0v) is 16.4. The Hall–Kier alpha value is -1.13.